The Morgan fingerprint density at radius 2 is 1.79 bits per heavy atom. The van der Waals surface area contributed by atoms with Crippen LogP contribution in [0, 0.1) is 11.6 Å². The molecule has 1 atom stereocenters. The van der Waals surface area contributed by atoms with Crippen LogP contribution in [0.2, 0.25) is 0 Å². The molecule has 0 fully saturated rings. The highest BCUT2D eigenvalue weighted by Crippen LogP contribution is 2.32. The van der Waals surface area contributed by atoms with Crippen LogP contribution in [0.25, 0.3) is 0 Å². The molecule has 0 aliphatic heterocycles. The summed E-state index contributed by atoms with van der Waals surface area (Å²) < 4.78 is 39.1. The third-order valence-electron chi connectivity index (χ3n) is 3.52. The van der Waals surface area contributed by atoms with Crippen LogP contribution in [-0.2, 0) is 4.74 Å². The summed E-state index contributed by atoms with van der Waals surface area (Å²) in [6, 6.07) is 11.1. The molecule has 0 saturated carbocycles. The van der Waals surface area contributed by atoms with E-state index in [2.05, 4.69) is 5.32 Å². The minimum absolute atomic E-state index is 0. The van der Waals surface area contributed by atoms with E-state index in [9.17, 15) is 8.78 Å². The van der Waals surface area contributed by atoms with E-state index in [0.717, 1.165) is 0 Å². The zero-order valence-corrected chi connectivity index (χ0v) is 14.5. The first-order valence-corrected chi connectivity index (χ1v) is 7.60. The van der Waals surface area contributed by atoms with Crippen molar-refractivity contribution in [2.24, 2.45) is 0 Å². The Labute approximate surface area is 147 Å². The van der Waals surface area contributed by atoms with Gasteiger partial charge in [0.05, 0.1) is 6.61 Å². The summed E-state index contributed by atoms with van der Waals surface area (Å²) in [6.45, 7) is 3.04. The van der Waals surface area contributed by atoms with Gasteiger partial charge in [-0.2, -0.15) is 0 Å². The minimum Gasteiger partial charge on any atom is -0.451 e. The molecule has 0 aromatic heterocycles. The predicted octanol–water partition coefficient (Wildman–Crippen LogP) is 4.87. The van der Waals surface area contributed by atoms with E-state index in [4.69, 9.17) is 9.47 Å². The Bertz CT molecular complexity index is 626. The fraction of sp³-hybridized carbons (Fsp3) is 0.333. The van der Waals surface area contributed by atoms with E-state index in [-0.39, 0.29) is 24.2 Å². The Hall–Kier alpha value is -1.69. The molecule has 0 spiro atoms. The number of methoxy groups -OCH3 is 1. The maximum Gasteiger partial charge on any atom is 0.198 e. The lowest BCUT2D eigenvalue weighted by Gasteiger charge is -2.19. The highest BCUT2D eigenvalue weighted by atomic mass is 35.5. The van der Waals surface area contributed by atoms with Crippen molar-refractivity contribution in [2.75, 3.05) is 20.3 Å². The first kappa shape index (κ1) is 20.4. The summed E-state index contributed by atoms with van der Waals surface area (Å²) in [5, 5.41) is 3.20. The van der Waals surface area contributed by atoms with Gasteiger partial charge in [0.25, 0.3) is 0 Å². The number of halogens is 3. The number of para-hydroxylation sites is 1. The van der Waals surface area contributed by atoms with Crippen LogP contribution >= 0.6 is 12.4 Å². The van der Waals surface area contributed by atoms with E-state index in [1.54, 1.807) is 31.4 Å². The Morgan fingerprint density at radius 3 is 2.42 bits per heavy atom. The van der Waals surface area contributed by atoms with Gasteiger partial charge in [-0.15, -0.1) is 12.4 Å². The third kappa shape index (κ3) is 5.16. The monoisotopic (exact) mass is 357 g/mol. The Kier molecular flexibility index (Phi) is 8.68. The number of hydrogen-bond acceptors (Lipinski definition) is 3. The fourth-order valence-corrected chi connectivity index (χ4v) is 2.33. The van der Waals surface area contributed by atoms with E-state index < -0.39 is 11.6 Å². The molecule has 0 saturated heterocycles. The first-order valence-electron chi connectivity index (χ1n) is 7.60. The number of ether oxygens (including phenoxy) is 2. The van der Waals surface area contributed by atoms with Crippen LogP contribution < -0.4 is 10.1 Å². The Morgan fingerprint density at radius 1 is 1.08 bits per heavy atom. The molecule has 132 valence electrons. The van der Waals surface area contributed by atoms with Crippen LogP contribution in [0.1, 0.15) is 24.9 Å². The van der Waals surface area contributed by atoms with Gasteiger partial charge in [0, 0.05) is 25.3 Å². The first-order chi connectivity index (χ1) is 11.2. The molecule has 1 unspecified atom stereocenters. The number of rotatable bonds is 8. The quantitative estimate of drug-likeness (QED) is 0.684. The maximum atomic E-state index is 14.7. The summed E-state index contributed by atoms with van der Waals surface area (Å²) in [6.07, 6.45) is 0.664. The van der Waals surface area contributed by atoms with Crippen LogP contribution in [0.4, 0.5) is 8.78 Å². The summed E-state index contributed by atoms with van der Waals surface area (Å²) >= 11 is 0. The zero-order chi connectivity index (χ0) is 16.7. The summed E-state index contributed by atoms with van der Waals surface area (Å²) in [5.41, 5.74) is 0.385. The highest BCUT2D eigenvalue weighted by Gasteiger charge is 2.21. The fourth-order valence-electron chi connectivity index (χ4n) is 2.33. The van der Waals surface area contributed by atoms with Crippen molar-refractivity contribution >= 4 is 12.4 Å². The average molecular weight is 358 g/mol. The molecule has 0 radical (unpaired) electrons. The largest absolute Gasteiger partial charge is 0.451 e. The molecule has 0 amide bonds. The molecule has 24 heavy (non-hydrogen) atoms. The molecule has 0 bridgehead atoms. The van der Waals surface area contributed by atoms with Crippen molar-refractivity contribution in [3.8, 4) is 11.5 Å². The van der Waals surface area contributed by atoms with Gasteiger partial charge < -0.3 is 14.8 Å². The highest BCUT2D eigenvalue weighted by molar-refractivity contribution is 5.85. The second-order valence-corrected chi connectivity index (χ2v) is 5.10. The maximum absolute atomic E-state index is 14.7. The molecular weight excluding hydrogens is 336 g/mol. The average Bonchev–Trinajstić information content (AvgIpc) is 2.57. The Balaban J connectivity index is 0.00000288. The molecule has 0 aliphatic carbocycles. The summed E-state index contributed by atoms with van der Waals surface area (Å²) in [7, 11) is 1.60. The minimum atomic E-state index is -0.721. The summed E-state index contributed by atoms with van der Waals surface area (Å²) in [4.78, 5) is 0. The second-order valence-electron chi connectivity index (χ2n) is 5.10. The van der Waals surface area contributed by atoms with Crippen molar-refractivity contribution in [3.63, 3.8) is 0 Å². The van der Waals surface area contributed by atoms with Gasteiger partial charge in [-0.1, -0.05) is 31.2 Å². The lowest BCUT2D eigenvalue weighted by atomic mass is 10.0. The zero-order valence-electron chi connectivity index (χ0n) is 13.7. The molecule has 3 nitrogen and oxygen atoms in total. The van der Waals surface area contributed by atoms with Crippen molar-refractivity contribution in [1.29, 1.82) is 0 Å². The molecular formula is C18H22ClF2NO2. The van der Waals surface area contributed by atoms with Crippen molar-refractivity contribution in [1.82, 2.24) is 5.32 Å². The molecule has 1 N–H and O–H groups in total. The molecule has 2 aromatic carbocycles. The normalized spacial score (nSPS) is 11.7. The van der Waals surface area contributed by atoms with E-state index >= 15 is 0 Å². The molecule has 0 heterocycles. The van der Waals surface area contributed by atoms with Gasteiger partial charge in [0.2, 0.25) is 0 Å². The predicted molar refractivity (Wildman–Crippen MR) is 93.0 cm³/mol. The standard InChI is InChI=1S/C18H21F2NO2.ClH/c1-3-16(21-11-12-22-2)14-9-10-15(19)18(17(14)20)23-13-7-5-4-6-8-13;/h4-10,16,21H,3,11-12H2,1-2H3;1H. The molecule has 2 rings (SSSR count). The lowest BCUT2D eigenvalue weighted by Crippen LogP contribution is -2.25. The van der Waals surface area contributed by atoms with Crippen molar-refractivity contribution in [2.45, 2.75) is 19.4 Å². The van der Waals surface area contributed by atoms with Gasteiger partial charge in [-0.25, -0.2) is 8.78 Å². The lowest BCUT2D eigenvalue weighted by molar-refractivity contribution is 0.195. The van der Waals surface area contributed by atoms with Crippen molar-refractivity contribution in [3.05, 3.63) is 59.7 Å². The molecule has 0 aliphatic rings. The van der Waals surface area contributed by atoms with Gasteiger partial charge in [0.1, 0.15) is 5.75 Å². The van der Waals surface area contributed by atoms with Crippen LogP contribution in [0.3, 0.4) is 0 Å². The number of hydrogen-bond donors (Lipinski definition) is 1. The van der Waals surface area contributed by atoms with Gasteiger partial charge >= 0.3 is 0 Å². The smallest absolute Gasteiger partial charge is 0.198 e. The van der Waals surface area contributed by atoms with Gasteiger partial charge in [-0.3, -0.25) is 0 Å². The van der Waals surface area contributed by atoms with Crippen LogP contribution in [0.5, 0.6) is 11.5 Å². The van der Waals surface area contributed by atoms with E-state index in [1.807, 2.05) is 13.0 Å². The van der Waals surface area contributed by atoms with Crippen molar-refractivity contribution < 1.29 is 18.3 Å². The van der Waals surface area contributed by atoms with Gasteiger partial charge in [0.15, 0.2) is 17.4 Å². The SMILES string of the molecule is CCC(NCCOC)c1ccc(F)c(Oc2ccccc2)c1F.Cl. The van der Waals surface area contributed by atoms with E-state index in [1.165, 1.54) is 12.1 Å². The third-order valence-corrected chi connectivity index (χ3v) is 3.52. The number of nitrogens with one attached hydrogen (secondary N) is 1. The van der Waals surface area contributed by atoms with Gasteiger partial charge in [-0.05, 0) is 24.6 Å². The number of benzene rings is 2. The topological polar surface area (TPSA) is 30.5 Å². The second kappa shape index (κ2) is 10.2. The van der Waals surface area contributed by atoms with E-state index in [0.29, 0.717) is 30.9 Å². The van der Waals surface area contributed by atoms with Crippen LogP contribution in [0.15, 0.2) is 42.5 Å². The molecule has 2 aromatic rings. The summed E-state index contributed by atoms with van der Waals surface area (Å²) in [5.74, 6) is -1.38. The molecule has 6 heteroatoms. The van der Waals surface area contributed by atoms with Crippen LogP contribution in [-0.4, -0.2) is 20.3 Å².